The summed E-state index contributed by atoms with van der Waals surface area (Å²) in [5, 5.41) is 4.43. The summed E-state index contributed by atoms with van der Waals surface area (Å²) in [5.74, 6) is 0.796. The van der Waals surface area contributed by atoms with E-state index in [2.05, 4.69) is 54.5 Å². The molecule has 0 amide bonds. The van der Waals surface area contributed by atoms with E-state index < -0.39 is 0 Å². The number of anilines is 2. The molecule has 0 aliphatic heterocycles. The van der Waals surface area contributed by atoms with Gasteiger partial charge in [-0.1, -0.05) is 6.07 Å². The van der Waals surface area contributed by atoms with E-state index in [0.717, 1.165) is 48.7 Å². The van der Waals surface area contributed by atoms with Crippen molar-refractivity contribution >= 4 is 65.6 Å². The van der Waals surface area contributed by atoms with Crippen molar-refractivity contribution in [3.05, 3.63) is 60.6 Å². The molecule has 0 saturated carbocycles. The number of nitrogens with zero attached hydrogens (tertiary/aromatic N) is 4. The Morgan fingerprint density at radius 2 is 1.89 bits per heavy atom. The minimum atomic E-state index is 0.796. The second-order valence-corrected chi connectivity index (χ2v) is 8.26. The molecule has 0 fully saturated rings. The Kier molecular flexibility index (Phi) is 3.40. The summed E-state index contributed by atoms with van der Waals surface area (Å²) in [6, 6.07) is 14.5. The zero-order valence-corrected chi connectivity index (χ0v) is 16.0. The highest BCUT2D eigenvalue weighted by Gasteiger charge is 2.12. The van der Waals surface area contributed by atoms with Gasteiger partial charge in [-0.15, -0.1) is 22.7 Å². The number of thiazole rings is 1. The van der Waals surface area contributed by atoms with Gasteiger partial charge in [0.15, 0.2) is 0 Å². The van der Waals surface area contributed by atoms with E-state index in [1.807, 2.05) is 23.7 Å². The quantitative estimate of drug-likeness (QED) is 0.405. The van der Waals surface area contributed by atoms with Gasteiger partial charge >= 0.3 is 0 Å². The average molecular weight is 400 g/mol. The SMILES string of the molecule is c1nc(Nc2ccc3scnc3c2)c2cc(-c3ccc4nc[nH]c4c3)sc2n1. The lowest BCUT2D eigenvalue weighted by molar-refractivity contribution is 1.23. The molecule has 4 heterocycles. The van der Waals surface area contributed by atoms with E-state index in [0.29, 0.717) is 0 Å². The zero-order chi connectivity index (χ0) is 18.5. The number of benzene rings is 2. The van der Waals surface area contributed by atoms with E-state index in [-0.39, 0.29) is 0 Å². The van der Waals surface area contributed by atoms with E-state index >= 15 is 0 Å². The average Bonchev–Trinajstić information content (AvgIpc) is 3.45. The van der Waals surface area contributed by atoms with Crippen LogP contribution in [0.15, 0.2) is 60.6 Å². The number of nitrogens with one attached hydrogen (secondary N) is 2. The Morgan fingerprint density at radius 1 is 0.893 bits per heavy atom. The van der Waals surface area contributed by atoms with Crippen molar-refractivity contribution in [3.8, 4) is 10.4 Å². The fourth-order valence-corrected chi connectivity index (χ4v) is 4.91. The van der Waals surface area contributed by atoms with Gasteiger partial charge < -0.3 is 10.3 Å². The number of aromatic amines is 1. The molecule has 0 atom stereocenters. The van der Waals surface area contributed by atoms with Crippen LogP contribution in [-0.2, 0) is 0 Å². The van der Waals surface area contributed by atoms with Crippen LogP contribution in [0.25, 0.3) is 41.9 Å². The maximum atomic E-state index is 4.47. The molecule has 0 radical (unpaired) electrons. The Bertz CT molecular complexity index is 1460. The topological polar surface area (TPSA) is 79.4 Å². The van der Waals surface area contributed by atoms with Crippen LogP contribution in [0, 0.1) is 0 Å². The van der Waals surface area contributed by atoms with Gasteiger partial charge in [0.25, 0.3) is 0 Å². The van der Waals surface area contributed by atoms with E-state index in [1.54, 1.807) is 35.3 Å². The van der Waals surface area contributed by atoms with Gasteiger partial charge in [0, 0.05) is 10.6 Å². The first-order valence-electron chi connectivity index (χ1n) is 8.62. The molecule has 0 saturated heterocycles. The van der Waals surface area contributed by atoms with Gasteiger partial charge in [0.1, 0.15) is 17.0 Å². The lowest BCUT2D eigenvalue weighted by Crippen LogP contribution is -1.94. The van der Waals surface area contributed by atoms with Crippen molar-refractivity contribution in [1.82, 2.24) is 24.9 Å². The fourth-order valence-electron chi connectivity index (χ4n) is 3.26. The first kappa shape index (κ1) is 15.7. The van der Waals surface area contributed by atoms with E-state index in [1.165, 1.54) is 4.70 Å². The summed E-state index contributed by atoms with van der Waals surface area (Å²) >= 11 is 3.29. The van der Waals surface area contributed by atoms with Gasteiger partial charge in [-0.2, -0.15) is 0 Å². The van der Waals surface area contributed by atoms with Crippen LogP contribution >= 0.6 is 22.7 Å². The van der Waals surface area contributed by atoms with Gasteiger partial charge in [-0.05, 0) is 42.0 Å². The number of aromatic nitrogens is 5. The molecule has 6 rings (SSSR count). The summed E-state index contributed by atoms with van der Waals surface area (Å²) in [6.07, 6.45) is 3.32. The van der Waals surface area contributed by atoms with Crippen LogP contribution < -0.4 is 5.32 Å². The van der Waals surface area contributed by atoms with Crippen LogP contribution in [0.2, 0.25) is 0 Å². The highest BCUT2D eigenvalue weighted by atomic mass is 32.1. The standard InChI is InChI=1S/C20H12N6S2/c1-3-14-15(22-8-21-14)5-11(1)18-7-13-19(23-9-24-20(13)28-18)26-12-2-4-17-16(6-12)25-10-27-17/h1-10H,(H,21,22)(H,23,24,26). The van der Waals surface area contributed by atoms with Gasteiger partial charge in [0.05, 0.1) is 38.5 Å². The van der Waals surface area contributed by atoms with Gasteiger partial charge in [0.2, 0.25) is 0 Å². The third kappa shape index (κ3) is 2.54. The molecule has 6 nitrogen and oxygen atoms in total. The van der Waals surface area contributed by atoms with Crippen molar-refractivity contribution in [1.29, 1.82) is 0 Å². The molecule has 0 aliphatic rings. The Morgan fingerprint density at radius 3 is 2.89 bits per heavy atom. The third-order valence-corrected chi connectivity index (χ3v) is 6.53. The number of imidazole rings is 1. The molecule has 0 spiro atoms. The highest BCUT2D eigenvalue weighted by molar-refractivity contribution is 7.22. The molecule has 0 aliphatic carbocycles. The third-order valence-electron chi connectivity index (χ3n) is 4.63. The number of rotatable bonds is 3. The van der Waals surface area contributed by atoms with Crippen molar-refractivity contribution in [2.75, 3.05) is 5.32 Å². The molecule has 2 N–H and O–H groups in total. The Labute approximate surface area is 167 Å². The molecular formula is C20H12N6S2. The van der Waals surface area contributed by atoms with Gasteiger partial charge in [-0.25, -0.2) is 19.9 Å². The summed E-state index contributed by atoms with van der Waals surface area (Å²) in [7, 11) is 0. The lowest BCUT2D eigenvalue weighted by atomic mass is 10.1. The molecular weight excluding hydrogens is 388 g/mol. The molecule has 0 unspecified atom stereocenters. The first-order valence-corrected chi connectivity index (χ1v) is 10.3. The minimum Gasteiger partial charge on any atom is -0.345 e. The molecule has 6 aromatic rings. The normalized spacial score (nSPS) is 11.6. The Balaban J connectivity index is 1.43. The number of hydrogen-bond acceptors (Lipinski definition) is 7. The second kappa shape index (κ2) is 6.08. The number of H-pyrrole nitrogens is 1. The van der Waals surface area contributed by atoms with Crippen LogP contribution in [0.3, 0.4) is 0 Å². The minimum absolute atomic E-state index is 0.796. The zero-order valence-electron chi connectivity index (χ0n) is 14.4. The summed E-state index contributed by atoms with van der Waals surface area (Å²) < 4.78 is 1.17. The van der Waals surface area contributed by atoms with Crippen LogP contribution in [0.4, 0.5) is 11.5 Å². The lowest BCUT2D eigenvalue weighted by Gasteiger charge is -2.06. The molecule has 134 valence electrons. The van der Waals surface area contributed by atoms with E-state index in [9.17, 15) is 0 Å². The highest BCUT2D eigenvalue weighted by Crippen LogP contribution is 2.36. The van der Waals surface area contributed by atoms with Crippen molar-refractivity contribution in [3.63, 3.8) is 0 Å². The molecule has 0 bridgehead atoms. The predicted octanol–water partition coefficient (Wildman–Crippen LogP) is 5.59. The summed E-state index contributed by atoms with van der Waals surface area (Å²) in [6.45, 7) is 0. The number of fused-ring (bicyclic) bond motifs is 3. The number of thiophene rings is 1. The van der Waals surface area contributed by atoms with E-state index in [4.69, 9.17) is 0 Å². The first-order chi connectivity index (χ1) is 13.8. The molecule has 2 aromatic carbocycles. The van der Waals surface area contributed by atoms with Gasteiger partial charge in [-0.3, -0.25) is 0 Å². The van der Waals surface area contributed by atoms with Crippen molar-refractivity contribution in [2.24, 2.45) is 0 Å². The Hall–Kier alpha value is -3.36. The molecule has 8 heteroatoms. The number of hydrogen-bond donors (Lipinski definition) is 2. The van der Waals surface area contributed by atoms with Crippen molar-refractivity contribution in [2.45, 2.75) is 0 Å². The molecule has 4 aromatic heterocycles. The smallest absolute Gasteiger partial charge is 0.142 e. The predicted molar refractivity (Wildman–Crippen MR) is 115 cm³/mol. The summed E-state index contributed by atoms with van der Waals surface area (Å²) in [4.78, 5) is 22.9. The summed E-state index contributed by atoms with van der Waals surface area (Å²) in [5.41, 5.74) is 6.93. The van der Waals surface area contributed by atoms with Crippen LogP contribution in [0.1, 0.15) is 0 Å². The van der Waals surface area contributed by atoms with Crippen LogP contribution in [0.5, 0.6) is 0 Å². The van der Waals surface area contributed by atoms with Crippen LogP contribution in [-0.4, -0.2) is 24.9 Å². The second-order valence-electron chi connectivity index (χ2n) is 6.35. The fraction of sp³-hybridized carbons (Fsp3) is 0. The maximum absolute atomic E-state index is 4.47. The monoisotopic (exact) mass is 400 g/mol. The van der Waals surface area contributed by atoms with Crippen molar-refractivity contribution < 1.29 is 0 Å². The largest absolute Gasteiger partial charge is 0.345 e. The molecule has 28 heavy (non-hydrogen) atoms. The maximum Gasteiger partial charge on any atom is 0.142 e.